The molecule has 0 aromatic heterocycles. The van der Waals surface area contributed by atoms with Crippen molar-refractivity contribution < 1.29 is 19.1 Å². The third-order valence-corrected chi connectivity index (χ3v) is 3.50. The predicted octanol–water partition coefficient (Wildman–Crippen LogP) is 0.512. The number of methoxy groups -OCH3 is 1. The number of hydrogen-bond acceptors (Lipinski definition) is 4. The molecule has 2 aliphatic heterocycles. The summed E-state index contributed by atoms with van der Waals surface area (Å²) in [6, 6.07) is 0.141. The van der Waals surface area contributed by atoms with Crippen LogP contribution in [-0.4, -0.2) is 55.9 Å². The number of rotatable bonds is 2. The normalized spacial score (nSPS) is 24.9. The zero-order valence-corrected chi connectivity index (χ0v) is 10.7. The molecule has 0 aromatic rings. The van der Waals surface area contributed by atoms with Crippen LogP contribution in [0.4, 0.5) is 4.79 Å². The highest BCUT2D eigenvalue weighted by Crippen LogP contribution is 2.15. The second kappa shape index (κ2) is 6.04. The molecule has 6 heteroatoms. The predicted molar refractivity (Wildman–Crippen MR) is 64.1 cm³/mol. The topological polar surface area (TPSA) is 67.9 Å². The number of hydrogen-bond donors (Lipinski definition) is 1. The fraction of sp³-hybridized carbons (Fsp3) is 0.833. The Morgan fingerprint density at radius 3 is 2.56 bits per heavy atom. The van der Waals surface area contributed by atoms with Crippen LogP contribution in [0.2, 0.25) is 0 Å². The summed E-state index contributed by atoms with van der Waals surface area (Å²) in [4.78, 5) is 24.8. The Labute approximate surface area is 107 Å². The van der Waals surface area contributed by atoms with Crippen molar-refractivity contribution in [3.63, 3.8) is 0 Å². The molecule has 1 N–H and O–H groups in total. The molecule has 6 nitrogen and oxygen atoms in total. The van der Waals surface area contributed by atoms with E-state index in [0.29, 0.717) is 19.7 Å². The monoisotopic (exact) mass is 256 g/mol. The molecule has 0 aliphatic carbocycles. The quantitative estimate of drug-likeness (QED) is 0.781. The minimum absolute atomic E-state index is 0.0102. The first-order valence-corrected chi connectivity index (χ1v) is 6.45. The van der Waals surface area contributed by atoms with Gasteiger partial charge in [-0.3, -0.25) is 4.79 Å². The largest absolute Gasteiger partial charge is 0.453 e. The van der Waals surface area contributed by atoms with E-state index < -0.39 is 0 Å². The Morgan fingerprint density at radius 2 is 2.00 bits per heavy atom. The molecule has 2 saturated heterocycles. The van der Waals surface area contributed by atoms with Crippen molar-refractivity contribution in [2.75, 3.05) is 26.8 Å². The van der Waals surface area contributed by atoms with Crippen LogP contribution in [-0.2, 0) is 14.3 Å². The Hall–Kier alpha value is -1.30. The van der Waals surface area contributed by atoms with Gasteiger partial charge in [0.15, 0.2) is 0 Å². The van der Waals surface area contributed by atoms with Crippen LogP contribution in [0.5, 0.6) is 0 Å². The summed E-state index contributed by atoms with van der Waals surface area (Å²) >= 11 is 0. The maximum absolute atomic E-state index is 11.8. The molecule has 2 rings (SSSR count). The second-order valence-electron chi connectivity index (χ2n) is 4.74. The molecular formula is C12H20N2O4. The Kier molecular flexibility index (Phi) is 4.41. The smallest absolute Gasteiger partial charge is 0.409 e. The molecule has 2 heterocycles. The van der Waals surface area contributed by atoms with Gasteiger partial charge >= 0.3 is 6.09 Å². The standard InChI is InChI=1S/C12H20N2O4/c1-17-12(16)14-6-4-9(5-7-14)13-11(15)10-3-2-8-18-10/h9-10H,2-8H2,1H3,(H,13,15). The van der Waals surface area contributed by atoms with Gasteiger partial charge in [0.1, 0.15) is 6.10 Å². The van der Waals surface area contributed by atoms with Gasteiger partial charge in [0.25, 0.3) is 0 Å². The van der Waals surface area contributed by atoms with E-state index in [1.54, 1.807) is 4.90 Å². The first-order valence-electron chi connectivity index (χ1n) is 6.45. The third kappa shape index (κ3) is 3.13. The zero-order chi connectivity index (χ0) is 13.0. The van der Waals surface area contributed by atoms with E-state index in [1.165, 1.54) is 7.11 Å². The molecule has 0 spiro atoms. The minimum atomic E-state index is -0.293. The van der Waals surface area contributed by atoms with Gasteiger partial charge in [-0.15, -0.1) is 0 Å². The average molecular weight is 256 g/mol. The van der Waals surface area contributed by atoms with Crippen molar-refractivity contribution in [1.82, 2.24) is 10.2 Å². The number of carbonyl (C=O) groups is 2. The van der Waals surface area contributed by atoms with Gasteiger partial charge in [-0.05, 0) is 25.7 Å². The second-order valence-corrected chi connectivity index (χ2v) is 4.74. The summed E-state index contributed by atoms with van der Waals surface area (Å²) < 4.78 is 10.0. The molecule has 2 aliphatic rings. The number of carbonyl (C=O) groups excluding carboxylic acids is 2. The van der Waals surface area contributed by atoms with Crippen molar-refractivity contribution >= 4 is 12.0 Å². The molecule has 2 fully saturated rings. The van der Waals surface area contributed by atoms with Crippen LogP contribution in [0.15, 0.2) is 0 Å². The van der Waals surface area contributed by atoms with Crippen molar-refractivity contribution in [3.05, 3.63) is 0 Å². The van der Waals surface area contributed by atoms with E-state index in [9.17, 15) is 9.59 Å². The Bertz CT molecular complexity index is 307. The summed E-state index contributed by atoms with van der Waals surface area (Å²) in [5, 5.41) is 3.00. The molecule has 18 heavy (non-hydrogen) atoms. The highest BCUT2D eigenvalue weighted by Gasteiger charge is 2.28. The number of ether oxygens (including phenoxy) is 2. The Morgan fingerprint density at radius 1 is 1.28 bits per heavy atom. The van der Waals surface area contributed by atoms with Crippen LogP contribution in [0.25, 0.3) is 0 Å². The molecule has 0 bridgehead atoms. The fourth-order valence-corrected chi connectivity index (χ4v) is 2.41. The van der Waals surface area contributed by atoms with Crippen LogP contribution in [0, 0.1) is 0 Å². The number of amides is 2. The van der Waals surface area contributed by atoms with E-state index in [0.717, 1.165) is 25.7 Å². The van der Waals surface area contributed by atoms with Crippen LogP contribution in [0.3, 0.4) is 0 Å². The maximum Gasteiger partial charge on any atom is 0.409 e. The molecule has 0 aromatic carbocycles. The summed E-state index contributed by atoms with van der Waals surface area (Å²) in [6.07, 6.45) is 2.75. The van der Waals surface area contributed by atoms with Gasteiger partial charge in [-0.1, -0.05) is 0 Å². The number of likely N-dealkylation sites (tertiary alicyclic amines) is 1. The highest BCUT2D eigenvalue weighted by molar-refractivity contribution is 5.81. The lowest BCUT2D eigenvalue weighted by molar-refractivity contribution is -0.131. The van der Waals surface area contributed by atoms with Crippen molar-refractivity contribution in [2.24, 2.45) is 0 Å². The minimum Gasteiger partial charge on any atom is -0.453 e. The lowest BCUT2D eigenvalue weighted by Gasteiger charge is -2.31. The van der Waals surface area contributed by atoms with Gasteiger partial charge in [0.2, 0.25) is 5.91 Å². The van der Waals surface area contributed by atoms with Gasteiger partial charge in [-0.2, -0.15) is 0 Å². The number of nitrogens with one attached hydrogen (secondary N) is 1. The van der Waals surface area contributed by atoms with Crippen LogP contribution >= 0.6 is 0 Å². The molecule has 2 amide bonds. The molecule has 0 radical (unpaired) electrons. The molecule has 0 saturated carbocycles. The van der Waals surface area contributed by atoms with Crippen molar-refractivity contribution in [3.8, 4) is 0 Å². The zero-order valence-electron chi connectivity index (χ0n) is 10.7. The van der Waals surface area contributed by atoms with E-state index in [4.69, 9.17) is 4.74 Å². The average Bonchev–Trinajstić information content (AvgIpc) is 2.92. The molecule has 102 valence electrons. The van der Waals surface area contributed by atoms with E-state index in [-0.39, 0.29) is 24.1 Å². The van der Waals surface area contributed by atoms with Crippen LogP contribution < -0.4 is 5.32 Å². The SMILES string of the molecule is COC(=O)N1CCC(NC(=O)C2CCCO2)CC1. The fourth-order valence-electron chi connectivity index (χ4n) is 2.41. The van der Waals surface area contributed by atoms with Crippen molar-refractivity contribution in [2.45, 2.75) is 37.8 Å². The first-order chi connectivity index (χ1) is 8.70. The summed E-state index contributed by atoms with van der Waals surface area (Å²) in [6.45, 7) is 1.94. The number of nitrogens with zero attached hydrogens (tertiary/aromatic N) is 1. The molecule has 1 unspecified atom stereocenters. The van der Waals surface area contributed by atoms with E-state index in [1.807, 2.05) is 0 Å². The lowest BCUT2D eigenvalue weighted by Crippen LogP contribution is -2.48. The summed E-state index contributed by atoms with van der Waals surface area (Å²) in [5.41, 5.74) is 0. The lowest BCUT2D eigenvalue weighted by atomic mass is 10.0. The summed E-state index contributed by atoms with van der Waals surface area (Å²) in [5.74, 6) is -0.0102. The maximum atomic E-state index is 11.8. The van der Waals surface area contributed by atoms with Gasteiger partial charge in [0, 0.05) is 25.7 Å². The van der Waals surface area contributed by atoms with Gasteiger partial charge < -0.3 is 19.7 Å². The van der Waals surface area contributed by atoms with Crippen molar-refractivity contribution in [1.29, 1.82) is 0 Å². The van der Waals surface area contributed by atoms with E-state index in [2.05, 4.69) is 10.1 Å². The van der Waals surface area contributed by atoms with E-state index >= 15 is 0 Å². The Balaban J connectivity index is 1.73. The van der Waals surface area contributed by atoms with Crippen LogP contribution in [0.1, 0.15) is 25.7 Å². The van der Waals surface area contributed by atoms with Gasteiger partial charge in [0.05, 0.1) is 7.11 Å². The summed E-state index contributed by atoms with van der Waals surface area (Å²) in [7, 11) is 1.38. The molecule has 1 atom stereocenters. The number of piperidine rings is 1. The third-order valence-electron chi connectivity index (χ3n) is 3.50. The first kappa shape index (κ1) is 13.1. The van der Waals surface area contributed by atoms with Gasteiger partial charge in [-0.25, -0.2) is 4.79 Å². The highest BCUT2D eigenvalue weighted by atomic mass is 16.5. The molecular weight excluding hydrogens is 236 g/mol.